The van der Waals surface area contributed by atoms with Crippen LogP contribution >= 0.6 is 0 Å². The number of aromatic nitrogens is 2. The lowest BCUT2D eigenvalue weighted by atomic mass is 9.90. The minimum absolute atomic E-state index is 0.0419. The van der Waals surface area contributed by atoms with Crippen molar-refractivity contribution >= 4 is 5.91 Å². The zero-order valence-electron chi connectivity index (χ0n) is 17.8. The molecule has 30 heavy (non-hydrogen) atoms. The SMILES string of the molecule is Cn1cc(CN2CCC3(CC2)CNC(=O)COc2ccccc2CCCCO3)cn1. The fourth-order valence-electron chi connectivity index (χ4n) is 4.31. The number of aryl methyl sites for hydroxylation is 2. The Morgan fingerprint density at radius 3 is 2.83 bits per heavy atom. The van der Waals surface area contributed by atoms with Gasteiger partial charge in [0, 0.05) is 51.6 Å². The molecule has 1 amide bonds. The van der Waals surface area contributed by atoms with E-state index in [2.05, 4.69) is 27.6 Å². The Labute approximate surface area is 178 Å². The Bertz CT molecular complexity index is 842. The molecule has 2 aliphatic rings. The van der Waals surface area contributed by atoms with Gasteiger partial charge in [0.1, 0.15) is 5.75 Å². The van der Waals surface area contributed by atoms with E-state index in [0.717, 1.165) is 69.7 Å². The number of hydrogen-bond donors (Lipinski definition) is 1. The molecule has 2 aromatic rings. The predicted molar refractivity (Wildman–Crippen MR) is 114 cm³/mol. The zero-order chi connectivity index (χ0) is 20.8. The molecule has 1 aromatic carbocycles. The van der Waals surface area contributed by atoms with Gasteiger partial charge in [0.05, 0.1) is 11.8 Å². The molecule has 3 heterocycles. The Hall–Kier alpha value is -2.38. The highest BCUT2D eigenvalue weighted by Gasteiger charge is 2.36. The minimum atomic E-state index is -0.290. The molecule has 0 bridgehead atoms. The van der Waals surface area contributed by atoms with E-state index in [1.807, 2.05) is 36.1 Å². The third-order valence-corrected chi connectivity index (χ3v) is 6.12. The summed E-state index contributed by atoms with van der Waals surface area (Å²) in [7, 11) is 1.94. The van der Waals surface area contributed by atoms with Crippen LogP contribution in [0.5, 0.6) is 5.75 Å². The van der Waals surface area contributed by atoms with Gasteiger partial charge in [0.25, 0.3) is 5.91 Å². The number of fused-ring (bicyclic) bond motifs is 1. The Morgan fingerprint density at radius 1 is 1.20 bits per heavy atom. The highest BCUT2D eigenvalue weighted by Crippen LogP contribution is 2.28. The van der Waals surface area contributed by atoms with E-state index >= 15 is 0 Å². The summed E-state index contributed by atoms with van der Waals surface area (Å²) >= 11 is 0. The molecule has 1 N–H and O–H groups in total. The molecule has 0 unspecified atom stereocenters. The third kappa shape index (κ3) is 5.40. The number of hydrogen-bond acceptors (Lipinski definition) is 5. The molecule has 4 rings (SSSR count). The molecule has 1 fully saturated rings. The second kappa shape index (κ2) is 9.62. The van der Waals surface area contributed by atoms with Crippen LogP contribution in [0.2, 0.25) is 0 Å². The molecule has 1 saturated heterocycles. The van der Waals surface area contributed by atoms with E-state index in [1.54, 1.807) is 0 Å². The lowest BCUT2D eigenvalue weighted by molar-refractivity contribution is -0.127. The number of carbonyl (C=O) groups excluding carboxylic acids is 1. The first-order valence-corrected chi connectivity index (χ1v) is 10.9. The van der Waals surface area contributed by atoms with Gasteiger partial charge in [0.15, 0.2) is 6.61 Å². The number of carbonyl (C=O) groups is 1. The molecule has 1 aromatic heterocycles. The van der Waals surface area contributed by atoms with E-state index in [9.17, 15) is 4.79 Å². The average molecular weight is 413 g/mol. The van der Waals surface area contributed by atoms with E-state index in [-0.39, 0.29) is 18.1 Å². The van der Waals surface area contributed by atoms with Crippen molar-refractivity contribution in [3.8, 4) is 5.75 Å². The predicted octanol–water partition coefficient (Wildman–Crippen LogP) is 2.30. The van der Waals surface area contributed by atoms with Crippen LogP contribution in [0.1, 0.15) is 36.8 Å². The number of nitrogens with zero attached hydrogens (tertiary/aromatic N) is 3. The minimum Gasteiger partial charge on any atom is -0.483 e. The van der Waals surface area contributed by atoms with Gasteiger partial charge in [-0.05, 0) is 43.7 Å². The highest BCUT2D eigenvalue weighted by atomic mass is 16.5. The lowest BCUT2D eigenvalue weighted by Crippen LogP contribution is -2.53. The number of ether oxygens (including phenoxy) is 2. The second-order valence-corrected chi connectivity index (χ2v) is 8.46. The number of nitrogens with one attached hydrogen (secondary N) is 1. The molecule has 162 valence electrons. The van der Waals surface area contributed by atoms with Gasteiger partial charge in [-0.2, -0.15) is 5.10 Å². The molecule has 7 heteroatoms. The molecule has 0 atom stereocenters. The second-order valence-electron chi connectivity index (χ2n) is 8.46. The molecular formula is C23H32N4O3. The van der Waals surface area contributed by atoms with E-state index < -0.39 is 0 Å². The van der Waals surface area contributed by atoms with E-state index in [4.69, 9.17) is 9.47 Å². The first-order valence-electron chi connectivity index (χ1n) is 10.9. The van der Waals surface area contributed by atoms with Crippen molar-refractivity contribution < 1.29 is 14.3 Å². The first kappa shape index (κ1) is 20.9. The summed E-state index contributed by atoms with van der Waals surface area (Å²) in [5.74, 6) is 0.719. The van der Waals surface area contributed by atoms with Crippen LogP contribution in [0.3, 0.4) is 0 Å². The first-order chi connectivity index (χ1) is 14.6. The van der Waals surface area contributed by atoms with Crippen molar-refractivity contribution in [1.29, 1.82) is 0 Å². The van der Waals surface area contributed by atoms with Crippen LogP contribution in [0.4, 0.5) is 0 Å². The van der Waals surface area contributed by atoms with Gasteiger partial charge < -0.3 is 14.8 Å². The molecule has 2 aliphatic heterocycles. The van der Waals surface area contributed by atoms with Gasteiger partial charge >= 0.3 is 0 Å². The number of piperidine rings is 1. The quantitative estimate of drug-likeness (QED) is 0.820. The Morgan fingerprint density at radius 2 is 2.03 bits per heavy atom. The molecule has 1 spiro atoms. The topological polar surface area (TPSA) is 68.6 Å². The smallest absolute Gasteiger partial charge is 0.258 e. The number of benzene rings is 1. The van der Waals surface area contributed by atoms with Crippen molar-refractivity contribution in [3.63, 3.8) is 0 Å². The van der Waals surface area contributed by atoms with Crippen LogP contribution in [0, 0.1) is 0 Å². The maximum absolute atomic E-state index is 12.4. The standard InChI is InChI=1S/C23H32N4O3/c1-26-15-19(14-25-26)16-27-11-9-23(10-12-27)18-24-22(28)17-29-21-8-3-2-6-20(21)7-4-5-13-30-23/h2-3,6,8,14-15H,4-5,7,9-13,16-18H2,1H3,(H,24,28). The summed E-state index contributed by atoms with van der Waals surface area (Å²) in [4.78, 5) is 14.9. The number of likely N-dealkylation sites (tertiary alicyclic amines) is 1. The van der Waals surface area contributed by atoms with Crippen molar-refractivity contribution in [2.45, 2.75) is 44.2 Å². The summed E-state index contributed by atoms with van der Waals surface area (Å²) in [6.45, 7) is 4.11. The number of amides is 1. The van der Waals surface area contributed by atoms with Crippen LogP contribution in [-0.2, 0) is 29.5 Å². The normalized spacial score (nSPS) is 20.9. The zero-order valence-corrected chi connectivity index (χ0v) is 17.8. The van der Waals surface area contributed by atoms with Crippen molar-refractivity contribution in [2.75, 3.05) is 32.8 Å². The van der Waals surface area contributed by atoms with Crippen LogP contribution in [0.15, 0.2) is 36.7 Å². The summed E-state index contributed by atoms with van der Waals surface area (Å²) < 4.78 is 14.1. The van der Waals surface area contributed by atoms with E-state index in [1.165, 1.54) is 5.56 Å². The van der Waals surface area contributed by atoms with Gasteiger partial charge in [-0.3, -0.25) is 14.4 Å². The summed E-state index contributed by atoms with van der Waals surface area (Å²) in [5, 5.41) is 7.32. The Balaban J connectivity index is 1.36. The van der Waals surface area contributed by atoms with Crippen LogP contribution in [-0.4, -0.2) is 59.0 Å². The van der Waals surface area contributed by atoms with Crippen LogP contribution in [0.25, 0.3) is 0 Å². The molecule has 0 saturated carbocycles. The van der Waals surface area contributed by atoms with Crippen molar-refractivity contribution in [1.82, 2.24) is 20.0 Å². The largest absolute Gasteiger partial charge is 0.483 e. The van der Waals surface area contributed by atoms with Crippen molar-refractivity contribution in [3.05, 3.63) is 47.8 Å². The van der Waals surface area contributed by atoms with Gasteiger partial charge in [0.2, 0.25) is 0 Å². The molecule has 0 radical (unpaired) electrons. The molecule has 7 nitrogen and oxygen atoms in total. The van der Waals surface area contributed by atoms with Gasteiger partial charge in [-0.25, -0.2) is 0 Å². The highest BCUT2D eigenvalue weighted by molar-refractivity contribution is 5.77. The number of para-hydroxylation sites is 1. The van der Waals surface area contributed by atoms with Crippen molar-refractivity contribution in [2.24, 2.45) is 7.05 Å². The lowest BCUT2D eigenvalue weighted by Gasteiger charge is -2.41. The summed E-state index contributed by atoms with van der Waals surface area (Å²) in [5.41, 5.74) is 2.10. The van der Waals surface area contributed by atoms with Gasteiger partial charge in [-0.15, -0.1) is 0 Å². The third-order valence-electron chi connectivity index (χ3n) is 6.12. The average Bonchev–Trinajstić information content (AvgIpc) is 3.17. The van der Waals surface area contributed by atoms with E-state index in [0.29, 0.717) is 6.54 Å². The fraction of sp³-hybridized carbons (Fsp3) is 0.565. The summed E-state index contributed by atoms with van der Waals surface area (Å²) in [6.07, 6.45) is 8.81. The van der Waals surface area contributed by atoms with Gasteiger partial charge in [-0.1, -0.05) is 18.2 Å². The maximum Gasteiger partial charge on any atom is 0.258 e. The monoisotopic (exact) mass is 412 g/mol. The maximum atomic E-state index is 12.4. The molecule has 0 aliphatic carbocycles. The molecular weight excluding hydrogens is 380 g/mol. The summed E-state index contributed by atoms with van der Waals surface area (Å²) in [6, 6.07) is 7.99. The van der Waals surface area contributed by atoms with Crippen LogP contribution < -0.4 is 10.1 Å². The number of rotatable bonds is 2. The Kier molecular flexibility index (Phi) is 6.69. The fourth-order valence-corrected chi connectivity index (χ4v) is 4.31.